The summed E-state index contributed by atoms with van der Waals surface area (Å²) >= 11 is 0. The van der Waals surface area contributed by atoms with Gasteiger partial charge in [0.25, 0.3) is 0 Å². The fourth-order valence-corrected chi connectivity index (χ4v) is 7.15. The first-order valence-corrected chi connectivity index (χ1v) is 23.9. The lowest BCUT2D eigenvalue weighted by atomic mass is 10.0. The molecule has 0 aliphatic carbocycles. The van der Waals surface area contributed by atoms with Gasteiger partial charge in [-0.25, -0.2) is 0 Å². The van der Waals surface area contributed by atoms with Gasteiger partial charge in [0.05, 0.1) is 25.2 Å². The van der Waals surface area contributed by atoms with Gasteiger partial charge < -0.3 is 20.3 Å². The van der Waals surface area contributed by atoms with Crippen LogP contribution >= 0.6 is 0 Å². The Morgan fingerprint density at radius 1 is 0.536 bits per heavy atom. The smallest absolute Gasteiger partial charge is 0.306 e. The monoisotopic (exact) mass is 786 g/mol. The number of carbonyl (C=O) groups is 2. The van der Waals surface area contributed by atoms with E-state index in [2.05, 4.69) is 56.5 Å². The Morgan fingerprint density at radius 2 is 0.964 bits per heavy atom. The van der Waals surface area contributed by atoms with Crippen LogP contribution in [0.3, 0.4) is 0 Å². The van der Waals surface area contributed by atoms with Crippen molar-refractivity contribution in [3.8, 4) is 0 Å². The number of amides is 1. The van der Waals surface area contributed by atoms with Crippen LogP contribution in [0.15, 0.2) is 48.6 Å². The van der Waals surface area contributed by atoms with Crippen molar-refractivity contribution in [1.82, 2.24) is 5.32 Å². The molecule has 6 heteroatoms. The Hall–Kier alpha value is -2.18. The number of unbranched alkanes of at least 4 members (excludes halogenated alkanes) is 25. The number of rotatable bonds is 42. The van der Waals surface area contributed by atoms with E-state index in [1.54, 1.807) is 0 Å². The highest BCUT2D eigenvalue weighted by atomic mass is 16.5. The Morgan fingerprint density at radius 3 is 1.46 bits per heavy atom. The molecule has 0 aromatic rings. The van der Waals surface area contributed by atoms with E-state index in [-0.39, 0.29) is 24.9 Å². The molecule has 0 heterocycles. The maximum Gasteiger partial charge on any atom is 0.306 e. The van der Waals surface area contributed by atoms with Gasteiger partial charge in [-0.15, -0.1) is 0 Å². The van der Waals surface area contributed by atoms with E-state index in [4.69, 9.17) is 4.74 Å². The van der Waals surface area contributed by atoms with E-state index in [0.29, 0.717) is 19.3 Å². The zero-order valence-corrected chi connectivity index (χ0v) is 37.0. The maximum absolute atomic E-state index is 13.1. The van der Waals surface area contributed by atoms with Crippen molar-refractivity contribution in [2.75, 3.05) is 6.61 Å². The van der Waals surface area contributed by atoms with Gasteiger partial charge in [-0.05, 0) is 44.9 Å². The quantitative estimate of drug-likeness (QED) is 0.0325. The molecule has 0 saturated heterocycles. The molecule has 0 rings (SSSR count). The van der Waals surface area contributed by atoms with E-state index in [1.165, 1.54) is 109 Å². The molecule has 0 fully saturated rings. The summed E-state index contributed by atoms with van der Waals surface area (Å²) in [4.78, 5) is 26.0. The maximum atomic E-state index is 13.1. The Labute approximate surface area is 346 Å². The summed E-state index contributed by atoms with van der Waals surface area (Å²) in [5.41, 5.74) is 0. The fourth-order valence-electron chi connectivity index (χ4n) is 7.15. The predicted molar refractivity (Wildman–Crippen MR) is 241 cm³/mol. The minimum atomic E-state index is -0.788. The highest BCUT2D eigenvalue weighted by Crippen LogP contribution is 2.18. The molecular formula is C50H91NO5. The first-order chi connectivity index (χ1) is 27.5. The van der Waals surface area contributed by atoms with Crippen LogP contribution in [0, 0.1) is 0 Å². The number of carbonyl (C=O) groups excluding carboxylic acids is 2. The molecule has 3 atom stereocenters. The van der Waals surface area contributed by atoms with Crippen molar-refractivity contribution < 1.29 is 24.5 Å². The van der Waals surface area contributed by atoms with Gasteiger partial charge in [0.15, 0.2) is 0 Å². The second kappa shape index (κ2) is 43.9. The molecule has 0 radical (unpaired) electrons. The van der Waals surface area contributed by atoms with Crippen molar-refractivity contribution >= 4 is 11.9 Å². The number of hydrogen-bond donors (Lipinski definition) is 3. The molecule has 1 amide bonds. The van der Waals surface area contributed by atoms with Crippen LogP contribution in [-0.2, 0) is 14.3 Å². The molecule has 0 aromatic carbocycles. The van der Waals surface area contributed by atoms with E-state index in [0.717, 1.165) is 77.0 Å². The summed E-state index contributed by atoms with van der Waals surface area (Å²) < 4.78 is 5.91. The molecule has 6 nitrogen and oxygen atoms in total. The molecule has 0 saturated carbocycles. The number of aliphatic hydroxyl groups is 2. The Bertz CT molecular complexity index is 972. The molecule has 3 N–H and O–H groups in total. The average Bonchev–Trinajstić information content (AvgIpc) is 3.19. The van der Waals surface area contributed by atoms with Gasteiger partial charge in [0, 0.05) is 6.42 Å². The zero-order chi connectivity index (χ0) is 41.0. The Kier molecular flexibility index (Phi) is 42.2. The van der Waals surface area contributed by atoms with Gasteiger partial charge in [0.1, 0.15) is 6.10 Å². The number of esters is 1. The summed E-state index contributed by atoms with van der Waals surface area (Å²) in [7, 11) is 0. The third-order valence-corrected chi connectivity index (χ3v) is 10.8. The minimum Gasteiger partial charge on any atom is -0.462 e. The van der Waals surface area contributed by atoms with Crippen molar-refractivity contribution in [2.24, 2.45) is 0 Å². The second-order valence-corrected chi connectivity index (χ2v) is 16.2. The molecule has 56 heavy (non-hydrogen) atoms. The van der Waals surface area contributed by atoms with Crippen LogP contribution in [0.1, 0.15) is 233 Å². The van der Waals surface area contributed by atoms with Gasteiger partial charge >= 0.3 is 5.97 Å². The lowest BCUT2D eigenvalue weighted by Gasteiger charge is -2.24. The van der Waals surface area contributed by atoms with E-state index < -0.39 is 18.2 Å². The van der Waals surface area contributed by atoms with Gasteiger partial charge in [-0.3, -0.25) is 9.59 Å². The molecule has 326 valence electrons. The lowest BCUT2D eigenvalue weighted by Crippen LogP contribution is -2.46. The highest BCUT2D eigenvalue weighted by molar-refractivity contribution is 5.77. The van der Waals surface area contributed by atoms with Crippen LogP contribution in [0.4, 0.5) is 0 Å². The summed E-state index contributed by atoms with van der Waals surface area (Å²) in [6, 6.07) is -0.702. The molecule has 0 bridgehead atoms. The summed E-state index contributed by atoms with van der Waals surface area (Å²) in [6.07, 6.45) is 51.7. The van der Waals surface area contributed by atoms with E-state index in [1.807, 2.05) is 18.2 Å². The Balaban J connectivity index is 4.62. The molecule has 0 aliphatic rings. The first kappa shape index (κ1) is 53.8. The van der Waals surface area contributed by atoms with E-state index >= 15 is 0 Å². The van der Waals surface area contributed by atoms with Crippen LogP contribution < -0.4 is 5.32 Å². The number of hydrogen-bond acceptors (Lipinski definition) is 5. The number of allylic oxidation sites excluding steroid dienone is 8. The molecule has 0 aliphatic heterocycles. The zero-order valence-electron chi connectivity index (χ0n) is 37.0. The predicted octanol–water partition coefficient (Wildman–Crippen LogP) is 13.9. The van der Waals surface area contributed by atoms with Crippen molar-refractivity contribution in [2.45, 2.75) is 251 Å². The second-order valence-electron chi connectivity index (χ2n) is 16.2. The van der Waals surface area contributed by atoms with Crippen molar-refractivity contribution in [3.05, 3.63) is 48.6 Å². The summed E-state index contributed by atoms with van der Waals surface area (Å²) in [6.45, 7) is 6.32. The highest BCUT2D eigenvalue weighted by Gasteiger charge is 2.24. The van der Waals surface area contributed by atoms with Crippen LogP contribution in [-0.4, -0.2) is 46.9 Å². The largest absolute Gasteiger partial charge is 0.462 e. The fraction of sp³-hybridized carbons (Fsp3) is 0.800. The average molecular weight is 786 g/mol. The number of aliphatic hydroxyl groups excluding tert-OH is 2. The van der Waals surface area contributed by atoms with Crippen molar-refractivity contribution in [3.63, 3.8) is 0 Å². The third-order valence-electron chi connectivity index (χ3n) is 10.8. The topological polar surface area (TPSA) is 95.9 Å². The number of nitrogens with one attached hydrogen (secondary N) is 1. The molecule has 3 unspecified atom stereocenters. The van der Waals surface area contributed by atoms with Gasteiger partial charge in [-0.1, -0.05) is 223 Å². The third kappa shape index (κ3) is 38.7. The van der Waals surface area contributed by atoms with Gasteiger partial charge in [-0.2, -0.15) is 0 Å². The minimum absolute atomic E-state index is 0.0696. The van der Waals surface area contributed by atoms with Crippen LogP contribution in [0.5, 0.6) is 0 Å². The molecular weight excluding hydrogens is 695 g/mol. The standard InChI is InChI=1S/C50H91NO5/c1-4-7-10-13-16-19-21-23-24-26-28-31-34-37-40-43-50(55)56-46(41-38-35-32-30-27-25-22-20-17-14-11-8-5-2)44-49(54)51-47(45-52)48(53)42-39-36-33-29-18-15-12-9-6-3/h7,10,13,16,19,21,23-24,46-48,52-53H,4-6,8-9,11-12,14-15,17-18,20,22,25-45H2,1-3H3,(H,51,54)/b10-7+,16-13+,21-19+,24-23-. The molecule has 0 aromatic heterocycles. The summed E-state index contributed by atoms with van der Waals surface area (Å²) in [5, 5.41) is 23.6. The lowest BCUT2D eigenvalue weighted by molar-refractivity contribution is -0.151. The first-order valence-electron chi connectivity index (χ1n) is 23.9. The molecule has 0 spiro atoms. The van der Waals surface area contributed by atoms with Gasteiger partial charge in [0.2, 0.25) is 5.91 Å². The van der Waals surface area contributed by atoms with Crippen LogP contribution in [0.2, 0.25) is 0 Å². The number of ether oxygens (including phenoxy) is 1. The van der Waals surface area contributed by atoms with Crippen molar-refractivity contribution in [1.29, 1.82) is 0 Å². The SMILES string of the molecule is CC/C=C/C=C/C=C/C=C\CCCCCCCC(=O)OC(CCCCCCCCCCCCCCC)CC(=O)NC(CO)C(O)CCCCCCCCCCC. The van der Waals surface area contributed by atoms with E-state index in [9.17, 15) is 19.8 Å². The summed E-state index contributed by atoms with van der Waals surface area (Å²) in [5.74, 6) is -0.497. The normalized spacial score (nSPS) is 13.7. The van der Waals surface area contributed by atoms with Crippen LogP contribution in [0.25, 0.3) is 0 Å².